The molecule has 0 radical (unpaired) electrons. The van der Waals surface area contributed by atoms with Gasteiger partial charge in [0.15, 0.2) is 0 Å². The molecule has 138 valence electrons. The Labute approximate surface area is 149 Å². The fourth-order valence-corrected chi connectivity index (χ4v) is 3.73. The fraction of sp³-hybridized carbons (Fsp3) is 0.650. The molecule has 2 aliphatic heterocycles. The minimum absolute atomic E-state index is 0.164. The van der Waals surface area contributed by atoms with Crippen LogP contribution < -0.4 is 0 Å². The van der Waals surface area contributed by atoms with Gasteiger partial charge in [0.05, 0.1) is 19.3 Å². The highest BCUT2D eigenvalue weighted by atomic mass is 16.5. The maximum absolute atomic E-state index is 12.8. The first kappa shape index (κ1) is 18.2. The number of hydrogen-bond acceptors (Lipinski definition) is 4. The van der Waals surface area contributed by atoms with Crippen LogP contribution >= 0.6 is 0 Å². The van der Waals surface area contributed by atoms with Crippen LogP contribution in [0.3, 0.4) is 0 Å². The van der Waals surface area contributed by atoms with E-state index < -0.39 is 0 Å². The molecule has 2 saturated heterocycles. The van der Waals surface area contributed by atoms with Crippen molar-refractivity contribution >= 4 is 5.91 Å². The van der Waals surface area contributed by atoms with Gasteiger partial charge >= 0.3 is 0 Å². The zero-order valence-electron chi connectivity index (χ0n) is 15.2. The standard InChI is InChI=1S/C20H29NO4/c1-14(2)18-10-15(6-8-24-18)11-20(23)21-7-9-25-19(13-21)16-4-3-5-17(22)12-16/h3-5,12,14-15,18-19,22H,6-11,13H2,1-2H3. The van der Waals surface area contributed by atoms with Crippen LogP contribution in [-0.2, 0) is 14.3 Å². The highest BCUT2D eigenvalue weighted by Gasteiger charge is 2.30. The Morgan fingerprint density at radius 2 is 2.16 bits per heavy atom. The van der Waals surface area contributed by atoms with Gasteiger partial charge in [0.2, 0.25) is 5.91 Å². The van der Waals surface area contributed by atoms with Gasteiger partial charge in [-0.3, -0.25) is 4.79 Å². The number of carbonyl (C=O) groups is 1. The maximum atomic E-state index is 12.8. The molecule has 0 aliphatic carbocycles. The summed E-state index contributed by atoms with van der Waals surface area (Å²) in [4.78, 5) is 14.7. The second-order valence-corrected chi connectivity index (χ2v) is 7.54. The van der Waals surface area contributed by atoms with Gasteiger partial charge in [-0.2, -0.15) is 0 Å². The van der Waals surface area contributed by atoms with Gasteiger partial charge in [-0.25, -0.2) is 0 Å². The van der Waals surface area contributed by atoms with Gasteiger partial charge in [-0.15, -0.1) is 0 Å². The lowest BCUT2D eigenvalue weighted by molar-refractivity contribution is -0.141. The molecule has 25 heavy (non-hydrogen) atoms. The zero-order chi connectivity index (χ0) is 17.8. The van der Waals surface area contributed by atoms with Crippen molar-refractivity contribution in [3.8, 4) is 5.75 Å². The molecular formula is C20H29NO4. The van der Waals surface area contributed by atoms with Crippen LogP contribution in [0.25, 0.3) is 0 Å². The number of rotatable bonds is 4. The van der Waals surface area contributed by atoms with E-state index in [1.54, 1.807) is 12.1 Å². The van der Waals surface area contributed by atoms with E-state index in [-0.39, 0.29) is 23.9 Å². The summed E-state index contributed by atoms with van der Waals surface area (Å²) in [6.45, 7) is 6.85. The number of amides is 1. The monoisotopic (exact) mass is 347 g/mol. The lowest BCUT2D eigenvalue weighted by Crippen LogP contribution is -2.43. The van der Waals surface area contributed by atoms with E-state index >= 15 is 0 Å². The molecule has 1 aromatic rings. The lowest BCUT2D eigenvalue weighted by atomic mass is 9.87. The van der Waals surface area contributed by atoms with Crippen LogP contribution in [-0.4, -0.2) is 48.3 Å². The summed E-state index contributed by atoms with van der Waals surface area (Å²) in [5, 5.41) is 9.66. The number of phenolic OH excluding ortho intramolecular Hbond substituents is 1. The largest absolute Gasteiger partial charge is 0.508 e. The van der Waals surface area contributed by atoms with Crippen LogP contribution in [0.2, 0.25) is 0 Å². The van der Waals surface area contributed by atoms with E-state index in [1.807, 2.05) is 17.0 Å². The predicted octanol–water partition coefficient (Wildman–Crippen LogP) is 3.13. The molecule has 3 rings (SSSR count). The first-order chi connectivity index (χ1) is 12.0. The molecule has 0 aromatic heterocycles. The van der Waals surface area contributed by atoms with Crippen molar-refractivity contribution in [3.63, 3.8) is 0 Å². The summed E-state index contributed by atoms with van der Waals surface area (Å²) in [5.41, 5.74) is 0.920. The molecule has 1 aromatic carbocycles. The molecule has 2 fully saturated rings. The average molecular weight is 347 g/mol. The summed E-state index contributed by atoms with van der Waals surface area (Å²) < 4.78 is 11.6. The van der Waals surface area contributed by atoms with E-state index in [4.69, 9.17) is 9.47 Å². The Balaban J connectivity index is 1.57. The third-order valence-electron chi connectivity index (χ3n) is 5.29. The van der Waals surface area contributed by atoms with Crippen molar-refractivity contribution in [2.45, 2.75) is 45.3 Å². The Bertz CT molecular complexity index is 589. The third-order valence-corrected chi connectivity index (χ3v) is 5.29. The van der Waals surface area contributed by atoms with Crippen LogP contribution in [0.5, 0.6) is 5.75 Å². The summed E-state index contributed by atoms with van der Waals surface area (Å²) in [7, 11) is 0. The van der Waals surface area contributed by atoms with Crippen LogP contribution in [0, 0.1) is 11.8 Å². The Morgan fingerprint density at radius 3 is 2.92 bits per heavy atom. The summed E-state index contributed by atoms with van der Waals surface area (Å²) >= 11 is 0. The van der Waals surface area contributed by atoms with Crippen molar-refractivity contribution in [2.75, 3.05) is 26.3 Å². The summed E-state index contributed by atoms with van der Waals surface area (Å²) in [6, 6.07) is 7.10. The molecule has 5 nitrogen and oxygen atoms in total. The average Bonchev–Trinajstić information content (AvgIpc) is 2.62. The first-order valence-corrected chi connectivity index (χ1v) is 9.33. The maximum Gasteiger partial charge on any atom is 0.223 e. The Kier molecular flexibility index (Phi) is 5.97. The van der Waals surface area contributed by atoms with Crippen molar-refractivity contribution < 1.29 is 19.4 Å². The van der Waals surface area contributed by atoms with E-state index in [2.05, 4.69) is 13.8 Å². The number of aromatic hydroxyl groups is 1. The molecule has 5 heteroatoms. The van der Waals surface area contributed by atoms with Gasteiger partial charge < -0.3 is 19.5 Å². The number of carbonyl (C=O) groups excluding carboxylic acids is 1. The molecule has 2 heterocycles. The first-order valence-electron chi connectivity index (χ1n) is 9.33. The van der Waals surface area contributed by atoms with E-state index in [0.29, 0.717) is 38.0 Å². The van der Waals surface area contributed by atoms with Crippen molar-refractivity contribution in [3.05, 3.63) is 29.8 Å². The van der Waals surface area contributed by atoms with Crippen LogP contribution in [0.1, 0.15) is 44.8 Å². The molecule has 2 aliphatic rings. The van der Waals surface area contributed by atoms with Crippen molar-refractivity contribution in [1.29, 1.82) is 0 Å². The molecule has 0 bridgehead atoms. The molecule has 0 spiro atoms. The Hall–Kier alpha value is -1.59. The number of nitrogens with zero attached hydrogens (tertiary/aromatic N) is 1. The zero-order valence-corrected chi connectivity index (χ0v) is 15.2. The Morgan fingerprint density at radius 1 is 1.32 bits per heavy atom. The highest BCUT2D eigenvalue weighted by Crippen LogP contribution is 2.29. The number of morpholine rings is 1. The second-order valence-electron chi connectivity index (χ2n) is 7.54. The molecule has 3 atom stereocenters. The minimum Gasteiger partial charge on any atom is -0.508 e. The van der Waals surface area contributed by atoms with Gasteiger partial charge in [0.25, 0.3) is 0 Å². The van der Waals surface area contributed by atoms with Crippen molar-refractivity contribution in [1.82, 2.24) is 4.90 Å². The second kappa shape index (κ2) is 8.19. The van der Waals surface area contributed by atoms with E-state index in [1.165, 1.54) is 0 Å². The normalized spacial score (nSPS) is 27.5. The van der Waals surface area contributed by atoms with Gasteiger partial charge in [0.1, 0.15) is 11.9 Å². The highest BCUT2D eigenvalue weighted by molar-refractivity contribution is 5.76. The molecule has 1 amide bonds. The van der Waals surface area contributed by atoms with Crippen LogP contribution in [0.15, 0.2) is 24.3 Å². The molecular weight excluding hydrogens is 318 g/mol. The number of benzene rings is 1. The fourth-order valence-electron chi connectivity index (χ4n) is 3.73. The van der Waals surface area contributed by atoms with Gasteiger partial charge in [0, 0.05) is 19.6 Å². The van der Waals surface area contributed by atoms with E-state index in [0.717, 1.165) is 25.0 Å². The van der Waals surface area contributed by atoms with Crippen molar-refractivity contribution in [2.24, 2.45) is 11.8 Å². The minimum atomic E-state index is -0.164. The SMILES string of the molecule is CC(C)C1CC(CC(=O)N2CCOC(c3cccc(O)c3)C2)CCO1. The molecule has 3 unspecified atom stereocenters. The smallest absolute Gasteiger partial charge is 0.223 e. The van der Waals surface area contributed by atoms with E-state index in [9.17, 15) is 9.90 Å². The number of hydrogen-bond donors (Lipinski definition) is 1. The molecule has 1 N–H and O–H groups in total. The summed E-state index contributed by atoms with van der Waals surface area (Å²) in [6.07, 6.45) is 2.65. The predicted molar refractivity (Wildman–Crippen MR) is 95.3 cm³/mol. The molecule has 0 saturated carbocycles. The quantitative estimate of drug-likeness (QED) is 0.909. The topological polar surface area (TPSA) is 59.0 Å². The van der Waals surface area contributed by atoms with Gasteiger partial charge in [-0.1, -0.05) is 26.0 Å². The van der Waals surface area contributed by atoms with Crippen LogP contribution in [0.4, 0.5) is 0 Å². The van der Waals surface area contributed by atoms with Gasteiger partial charge in [-0.05, 0) is 42.4 Å². The number of phenols is 1. The number of ether oxygens (including phenoxy) is 2. The third kappa shape index (κ3) is 4.73. The lowest BCUT2D eigenvalue weighted by Gasteiger charge is -2.36. The summed E-state index contributed by atoms with van der Waals surface area (Å²) in [5.74, 6) is 1.35.